The molecule has 0 heterocycles. The number of hydrogen-bond acceptors (Lipinski definition) is 5. The van der Waals surface area contributed by atoms with E-state index in [-0.39, 0.29) is 12.2 Å². The van der Waals surface area contributed by atoms with Gasteiger partial charge >= 0.3 is 7.82 Å². The molecule has 0 bridgehead atoms. The van der Waals surface area contributed by atoms with Crippen LogP contribution in [0.3, 0.4) is 0 Å². The van der Waals surface area contributed by atoms with Gasteiger partial charge in [-0.3, -0.25) is 4.52 Å². The summed E-state index contributed by atoms with van der Waals surface area (Å²) >= 11 is 0. The van der Waals surface area contributed by atoms with E-state index >= 15 is 0 Å². The van der Waals surface area contributed by atoms with E-state index in [0.717, 1.165) is 25.7 Å². The molecule has 0 aromatic heterocycles. The molecule has 2 aromatic rings. The first-order valence-electron chi connectivity index (χ1n) is 8.49. The molecular formula is C19H23O5P. The lowest BCUT2D eigenvalue weighted by Crippen LogP contribution is -2.34. The van der Waals surface area contributed by atoms with Gasteiger partial charge in [0.1, 0.15) is 11.5 Å². The Kier molecular flexibility index (Phi) is 6.14. The molecule has 25 heavy (non-hydrogen) atoms. The SMILES string of the molecule is COC1CCCCC1OP(=O)(Oc1ccccc1)Oc1ccccc1. The van der Waals surface area contributed by atoms with Crippen molar-refractivity contribution in [1.29, 1.82) is 0 Å². The maximum absolute atomic E-state index is 13.4. The van der Waals surface area contributed by atoms with Crippen molar-refractivity contribution in [2.24, 2.45) is 0 Å². The zero-order valence-electron chi connectivity index (χ0n) is 14.2. The van der Waals surface area contributed by atoms with E-state index in [1.54, 1.807) is 55.6 Å². The first kappa shape index (κ1) is 18.0. The molecule has 0 saturated heterocycles. The first-order valence-corrected chi connectivity index (χ1v) is 9.95. The maximum atomic E-state index is 13.4. The zero-order valence-corrected chi connectivity index (χ0v) is 15.1. The summed E-state index contributed by atoms with van der Waals surface area (Å²) in [5.41, 5.74) is 0. The molecule has 1 aliphatic carbocycles. The molecule has 5 nitrogen and oxygen atoms in total. The minimum Gasteiger partial charge on any atom is -0.395 e. The topological polar surface area (TPSA) is 54.0 Å². The maximum Gasteiger partial charge on any atom is 0.587 e. The number of phosphoric acid groups is 1. The average molecular weight is 362 g/mol. The third kappa shape index (κ3) is 5.08. The second-order valence-electron chi connectivity index (χ2n) is 5.96. The van der Waals surface area contributed by atoms with Gasteiger partial charge in [-0.2, -0.15) is 0 Å². The smallest absolute Gasteiger partial charge is 0.395 e. The second-order valence-corrected chi connectivity index (χ2v) is 7.43. The molecule has 134 valence electrons. The van der Waals surface area contributed by atoms with Crippen molar-refractivity contribution < 1.29 is 22.9 Å². The number of methoxy groups -OCH3 is 1. The van der Waals surface area contributed by atoms with E-state index in [1.807, 2.05) is 12.1 Å². The minimum absolute atomic E-state index is 0.110. The van der Waals surface area contributed by atoms with Crippen LogP contribution in [0.25, 0.3) is 0 Å². The number of para-hydroxylation sites is 2. The molecule has 0 N–H and O–H groups in total. The predicted octanol–water partition coefficient (Wildman–Crippen LogP) is 5.23. The third-order valence-corrected chi connectivity index (χ3v) is 5.53. The monoisotopic (exact) mass is 362 g/mol. The van der Waals surface area contributed by atoms with Gasteiger partial charge in [0, 0.05) is 7.11 Å². The van der Waals surface area contributed by atoms with Crippen LogP contribution >= 0.6 is 7.82 Å². The molecule has 2 aromatic carbocycles. The van der Waals surface area contributed by atoms with Crippen molar-refractivity contribution in [1.82, 2.24) is 0 Å². The lowest BCUT2D eigenvalue weighted by molar-refractivity contribution is -0.0322. The lowest BCUT2D eigenvalue weighted by Gasteiger charge is -2.32. The highest BCUT2D eigenvalue weighted by atomic mass is 31.2. The summed E-state index contributed by atoms with van der Waals surface area (Å²) < 4.78 is 36.0. The summed E-state index contributed by atoms with van der Waals surface area (Å²) in [6.45, 7) is 0. The van der Waals surface area contributed by atoms with Gasteiger partial charge in [0.05, 0.1) is 12.2 Å². The molecule has 2 unspecified atom stereocenters. The largest absolute Gasteiger partial charge is 0.587 e. The van der Waals surface area contributed by atoms with Crippen LogP contribution in [0.5, 0.6) is 11.5 Å². The summed E-state index contributed by atoms with van der Waals surface area (Å²) in [6, 6.07) is 17.8. The van der Waals surface area contributed by atoms with Gasteiger partial charge in [-0.15, -0.1) is 0 Å². The Morgan fingerprint density at radius 2 is 1.28 bits per heavy atom. The van der Waals surface area contributed by atoms with Gasteiger partial charge in [0.25, 0.3) is 0 Å². The molecule has 2 atom stereocenters. The Hall–Kier alpha value is -1.81. The number of phosphoric ester groups is 1. The van der Waals surface area contributed by atoms with Gasteiger partial charge in [-0.25, -0.2) is 4.57 Å². The molecule has 1 saturated carbocycles. The summed E-state index contributed by atoms with van der Waals surface area (Å²) in [4.78, 5) is 0. The Morgan fingerprint density at radius 1 is 0.800 bits per heavy atom. The van der Waals surface area contributed by atoms with Gasteiger partial charge in [-0.1, -0.05) is 49.2 Å². The highest BCUT2D eigenvalue weighted by Gasteiger charge is 2.38. The average Bonchev–Trinajstić information content (AvgIpc) is 2.63. The summed E-state index contributed by atoms with van der Waals surface area (Å²) in [6.07, 6.45) is 3.28. The Labute approximate surface area is 148 Å². The fraction of sp³-hybridized carbons (Fsp3) is 0.368. The predicted molar refractivity (Wildman–Crippen MR) is 95.9 cm³/mol. The van der Waals surface area contributed by atoms with Crippen LogP contribution in [0.1, 0.15) is 25.7 Å². The van der Waals surface area contributed by atoms with Crippen molar-refractivity contribution in [2.45, 2.75) is 37.9 Å². The molecule has 3 rings (SSSR count). The van der Waals surface area contributed by atoms with Crippen LogP contribution in [0.2, 0.25) is 0 Å². The Balaban J connectivity index is 1.81. The number of hydrogen-bond donors (Lipinski definition) is 0. The third-order valence-electron chi connectivity index (χ3n) is 4.13. The van der Waals surface area contributed by atoms with Crippen LogP contribution in [0.4, 0.5) is 0 Å². The Morgan fingerprint density at radius 3 is 1.76 bits per heavy atom. The highest BCUT2D eigenvalue weighted by molar-refractivity contribution is 7.49. The molecule has 0 amide bonds. The van der Waals surface area contributed by atoms with E-state index in [2.05, 4.69) is 0 Å². The molecule has 0 spiro atoms. The number of rotatable bonds is 7. The molecule has 0 radical (unpaired) electrons. The lowest BCUT2D eigenvalue weighted by atomic mass is 9.95. The zero-order chi connectivity index (χ0) is 17.5. The standard InChI is InChI=1S/C19H23O5P/c1-21-18-14-8-9-15-19(18)24-25(20,22-16-10-4-2-5-11-16)23-17-12-6-3-7-13-17/h2-7,10-13,18-19H,8-9,14-15H2,1H3. The van der Waals surface area contributed by atoms with Gasteiger partial charge in [0.15, 0.2) is 0 Å². The van der Waals surface area contributed by atoms with Crippen LogP contribution in [-0.4, -0.2) is 19.3 Å². The van der Waals surface area contributed by atoms with E-state index in [0.29, 0.717) is 11.5 Å². The second kappa shape index (κ2) is 8.52. The van der Waals surface area contributed by atoms with E-state index in [4.69, 9.17) is 18.3 Å². The first-order chi connectivity index (χ1) is 12.2. The number of benzene rings is 2. The van der Waals surface area contributed by atoms with Crippen LogP contribution in [0, 0.1) is 0 Å². The van der Waals surface area contributed by atoms with Crippen LogP contribution in [-0.2, 0) is 13.8 Å². The number of ether oxygens (including phenoxy) is 1. The van der Waals surface area contributed by atoms with Gasteiger partial charge in [0.2, 0.25) is 0 Å². The molecule has 1 aliphatic rings. The van der Waals surface area contributed by atoms with E-state index < -0.39 is 7.82 Å². The molecular weight excluding hydrogens is 339 g/mol. The minimum atomic E-state index is -3.86. The summed E-state index contributed by atoms with van der Waals surface area (Å²) in [5, 5.41) is 0. The van der Waals surface area contributed by atoms with Crippen molar-refractivity contribution >= 4 is 7.82 Å². The van der Waals surface area contributed by atoms with Crippen molar-refractivity contribution in [2.75, 3.05) is 7.11 Å². The Bertz CT molecular complexity index is 646. The molecule has 0 aliphatic heterocycles. The van der Waals surface area contributed by atoms with Crippen molar-refractivity contribution in [3.05, 3.63) is 60.7 Å². The fourth-order valence-corrected chi connectivity index (χ4v) is 4.36. The van der Waals surface area contributed by atoms with E-state index in [1.165, 1.54) is 0 Å². The van der Waals surface area contributed by atoms with Gasteiger partial charge < -0.3 is 13.8 Å². The normalized spacial score (nSPS) is 20.8. The quantitative estimate of drug-likeness (QED) is 0.632. The van der Waals surface area contributed by atoms with E-state index in [9.17, 15) is 4.57 Å². The summed E-state index contributed by atoms with van der Waals surface area (Å²) in [7, 11) is -2.22. The molecule has 6 heteroatoms. The molecule has 1 fully saturated rings. The van der Waals surface area contributed by atoms with Crippen molar-refractivity contribution in [3.8, 4) is 11.5 Å². The highest BCUT2D eigenvalue weighted by Crippen LogP contribution is 2.52. The fourth-order valence-electron chi connectivity index (χ4n) is 2.90. The summed E-state index contributed by atoms with van der Waals surface area (Å²) in [5.74, 6) is 0.873. The van der Waals surface area contributed by atoms with Gasteiger partial charge in [-0.05, 0) is 37.1 Å². The van der Waals surface area contributed by atoms with Crippen LogP contribution < -0.4 is 9.05 Å². The van der Waals surface area contributed by atoms with Crippen LogP contribution in [0.15, 0.2) is 60.7 Å². The van der Waals surface area contributed by atoms with Crippen molar-refractivity contribution in [3.63, 3.8) is 0 Å².